The molecule has 160 valence electrons. The number of rotatable bonds is 4. The molecule has 4 aromatic rings. The van der Waals surface area contributed by atoms with Crippen molar-refractivity contribution in [3.05, 3.63) is 65.5 Å². The van der Waals surface area contributed by atoms with Crippen LogP contribution in [0.15, 0.2) is 48.8 Å². The summed E-state index contributed by atoms with van der Waals surface area (Å²) in [7, 11) is 0. The molecule has 6 rings (SSSR count). The number of nitrogens with two attached hydrogens (primary N) is 1. The van der Waals surface area contributed by atoms with E-state index in [2.05, 4.69) is 39.1 Å². The zero-order valence-corrected chi connectivity index (χ0v) is 17.9. The van der Waals surface area contributed by atoms with Crippen LogP contribution in [0.4, 0.5) is 5.82 Å². The average Bonchev–Trinajstić information content (AvgIpc) is 3.47. The van der Waals surface area contributed by atoms with E-state index >= 15 is 0 Å². The standard InChI is InChI=1S/C25H24N6O/c1-14(32)29-21-9-6-16-11-18(7-8-19(16)21)31-24(20-3-2-10-27-23(20)26)30-22-12-17(15-4-5-15)13-28-25(22)31/h2-3,7-8,10-13,15,21H,4-6,9H2,1H3,(H2,26,27)(H,29,32)/t21-/m0/s1. The molecule has 0 saturated heterocycles. The van der Waals surface area contributed by atoms with Crippen molar-refractivity contribution in [3.63, 3.8) is 0 Å². The zero-order valence-electron chi connectivity index (χ0n) is 17.9. The molecule has 1 fully saturated rings. The Kier molecular flexibility index (Phi) is 4.24. The van der Waals surface area contributed by atoms with Gasteiger partial charge in [0.15, 0.2) is 11.5 Å². The monoisotopic (exact) mass is 424 g/mol. The quantitative estimate of drug-likeness (QED) is 0.515. The molecule has 7 heteroatoms. The van der Waals surface area contributed by atoms with Gasteiger partial charge < -0.3 is 11.1 Å². The van der Waals surface area contributed by atoms with Gasteiger partial charge in [0, 0.05) is 25.0 Å². The molecule has 3 heterocycles. The van der Waals surface area contributed by atoms with Crippen LogP contribution in [0.1, 0.15) is 54.8 Å². The molecule has 0 spiro atoms. The lowest BCUT2D eigenvalue weighted by atomic mass is 10.1. The van der Waals surface area contributed by atoms with E-state index in [-0.39, 0.29) is 11.9 Å². The molecule has 0 bridgehead atoms. The van der Waals surface area contributed by atoms with Gasteiger partial charge in [-0.3, -0.25) is 9.36 Å². The van der Waals surface area contributed by atoms with Crippen molar-refractivity contribution in [2.45, 2.75) is 44.6 Å². The number of nitrogen functional groups attached to an aromatic ring is 1. The van der Waals surface area contributed by atoms with Gasteiger partial charge in [0.2, 0.25) is 5.91 Å². The smallest absolute Gasteiger partial charge is 0.217 e. The van der Waals surface area contributed by atoms with Gasteiger partial charge in [0.25, 0.3) is 0 Å². The summed E-state index contributed by atoms with van der Waals surface area (Å²) in [5.74, 6) is 1.79. The topological polar surface area (TPSA) is 98.7 Å². The molecule has 3 aromatic heterocycles. The molecule has 1 saturated carbocycles. The highest BCUT2D eigenvalue weighted by atomic mass is 16.1. The molecule has 3 N–H and O–H groups in total. The molecule has 0 radical (unpaired) electrons. The highest BCUT2D eigenvalue weighted by Gasteiger charge is 2.27. The van der Waals surface area contributed by atoms with E-state index in [1.807, 2.05) is 18.3 Å². The molecule has 0 unspecified atom stereocenters. The van der Waals surface area contributed by atoms with E-state index in [4.69, 9.17) is 15.7 Å². The Balaban J connectivity index is 1.53. The summed E-state index contributed by atoms with van der Waals surface area (Å²) in [6.45, 7) is 1.57. The lowest BCUT2D eigenvalue weighted by Crippen LogP contribution is -2.24. The third-order valence-electron chi connectivity index (χ3n) is 6.49. The van der Waals surface area contributed by atoms with Crippen molar-refractivity contribution < 1.29 is 4.79 Å². The number of nitrogens with one attached hydrogen (secondary N) is 1. The maximum Gasteiger partial charge on any atom is 0.217 e. The first-order chi connectivity index (χ1) is 15.6. The molecule has 1 aromatic carbocycles. The van der Waals surface area contributed by atoms with Crippen LogP contribution in [-0.2, 0) is 11.2 Å². The predicted octanol–water partition coefficient (Wildman–Crippen LogP) is 4.07. The van der Waals surface area contributed by atoms with Gasteiger partial charge in [-0.25, -0.2) is 15.0 Å². The molecule has 0 aliphatic heterocycles. The molecule has 2 aliphatic rings. The number of imidazole rings is 1. The first kappa shape index (κ1) is 19.0. The summed E-state index contributed by atoms with van der Waals surface area (Å²) in [6, 6.07) is 12.4. The van der Waals surface area contributed by atoms with Crippen molar-refractivity contribution in [2.75, 3.05) is 5.73 Å². The Morgan fingerprint density at radius 3 is 2.81 bits per heavy atom. The Labute approximate surface area is 185 Å². The summed E-state index contributed by atoms with van der Waals surface area (Å²) in [6.07, 6.45) is 7.94. The van der Waals surface area contributed by atoms with Crippen LogP contribution >= 0.6 is 0 Å². The number of carbonyl (C=O) groups excluding carboxylic acids is 1. The highest BCUT2D eigenvalue weighted by Crippen LogP contribution is 2.41. The van der Waals surface area contributed by atoms with Crippen LogP contribution in [0, 0.1) is 0 Å². The maximum atomic E-state index is 11.6. The number of fused-ring (bicyclic) bond motifs is 2. The number of hydrogen-bond donors (Lipinski definition) is 2. The molecule has 7 nitrogen and oxygen atoms in total. The van der Waals surface area contributed by atoms with E-state index < -0.39 is 0 Å². The van der Waals surface area contributed by atoms with Gasteiger partial charge in [0.1, 0.15) is 11.3 Å². The van der Waals surface area contributed by atoms with Crippen molar-refractivity contribution in [1.29, 1.82) is 0 Å². The predicted molar refractivity (Wildman–Crippen MR) is 123 cm³/mol. The SMILES string of the molecule is CC(=O)N[C@H]1CCc2cc(-n3c(-c4cccnc4N)nc4cc(C5CC5)cnc43)ccc21. The summed E-state index contributed by atoms with van der Waals surface area (Å²) in [5, 5.41) is 3.05. The summed E-state index contributed by atoms with van der Waals surface area (Å²) < 4.78 is 2.07. The van der Waals surface area contributed by atoms with Gasteiger partial charge in [-0.05, 0) is 78.6 Å². The van der Waals surface area contributed by atoms with Crippen molar-refractivity contribution in [2.24, 2.45) is 0 Å². The Morgan fingerprint density at radius 1 is 1.16 bits per heavy atom. The molecule has 2 aliphatic carbocycles. The normalized spacial score (nSPS) is 17.5. The number of aryl methyl sites for hydroxylation is 1. The number of hydrogen-bond acceptors (Lipinski definition) is 5. The zero-order chi connectivity index (χ0) is 21.8. The number of benzene rings is 1. The first-order valence-corrected chi connectivity index (χ1v) is 11.1. The van der Waals surface area contributed by atoms with Crippen LogP contribution in [0.25, 0.3) is 28.2 Å². The maximum absolute atomic E-state index is 11.6. The third kappa shape index (κ3) is 3.12. The fraction of sp³-hybridized carbons (Fsp3) is 0.280. The van der Waals surface area contributed by atoms with Crippen LogP contribution in [0.5, 0.6) is 0 Å². The molecular weight excluding hydrogens is 400 g/mol. The van der Waals surface area contributed by atoms with Gasteiger partial charge in [-0.2, -0.15) is 0 Å². The van der Waals surface area contributed by atoms with Gasteiger partial charge >= 0.3 is 0 Å². The number of pyridine rings is 2. The minimum Gasteiger partial charge on any atom is -0.383 e. The van der Waals surface area contributed by atoms with Crippen LogP contribution < -0.4 is 11.1 Å². The van der Waals surface area contributed by atoms with E-state index in [0.717, 1.165) is 41.1 Å². The lowest BCUT2D eigenvalue weighted by Gasteiger charge is -2.14. The van der Waals surface area contributed by atoms with Gasteiger partial charge in [0.05, 0.1) is 11.6 Å². The van der Waals surface area contributed by atoms with E-state index in [9.17, 15) is 4.79 Å². The van der Waals surface area contributed by atoms with Gasteiger partial charge in [-0.15, -0.1) is 0 Å². The molecule has 1 atom stereocenters. The number of anilines is 1. The fourth-order valence-corrected chi connectivity index (χ4v) is 4.79. The number of carbonyl (C=O) groups is 1. The van der Waals surface area contributed by atoms with Crippen molar-refractivity contribution in [3.8, 4) is 17.1 Å². The van der Waals surface area contributed by atoms with Crippen LogP contribution in [-0.4, -0.2) is 25.4 Å². The number of nitrogens with zero attached hydrogens (tertiary/aromatic N) is 4. The van der Waals surface area contributed by atoms with E-state index in [1.54, 1.807) is 13.1 Å². The average molecular weight is 425 g/mol. The Morgan fingerprint density at radius 2 is 2.03 bits per heavy atom. The lowest BCUT2D eigenvalue weighted by molar-refractivity contribution is -0.119. The second kappa shape index (κ2) is 7.15. The summed E-state index contributed by atoms with van der Waals surface area (Å²) in [4.78, 5) is 25.6. The van der Waals surface area contributed by atoms with Crippen molar-refractivity contribution >= 4 is 22.9 Å². The van der Waals surface area contributed by atoms with Crippen LogP contribution in [0.2, 0.25) is 0 Å². The summed E-state index contributed by atoms with van der Waals surface area (Å²) in [5.41, 5.74) is 13.4. The van der Waals surface area contributed by atoms with E-state index in [1.165, 1.54) is 29.5 Å². The van der Waals surface area contributed by atoms with E-state index in [0.29, 0.717) is 11.7 Å². The Bertz CT molecular complexity index is 1370. The minimum absolute atomic E-state index is 0.00228. The van der Waals surface area contributed by atoms with Gasteiger partial charge in [-0.1, -0.05) is 6.07 Å². The highest BCUT2D eigenvalue weighted by molar-refractivity contribution is 5.83. The largest absolute Gasteiger partial charge is 0.383 e. The molecule has 32 heavy (non-hydrogen) atoms. The second-order valence-electron chi connectivity index (χ2n) is 8.77. The number of amides is 1. The molecule has 1 amide bonds. The first-order valence-electron chi connectivity index (χ1n) is 11.1. The fourth-order valence-electron chi connectivity index (χ4n) is 4.79. The molecular formula is C25H24N6O. The third-order valence-corrected chi connectivity index (χ3v) is 6.49. The summed E-state index contributed by atoms with van der Waals surface area (Å²) >= 11 is 0. The van der Waals surface area contributed by atoms with Crippen molar-refractivity contribution in [1.82, 2.24) is 24.8 Å². The Hall–Kier alpha value is -3.74. The second-order valence-corrected chi connectivity index (χ2v) is 8.77. The number of aromatic nitrogens is 4. The minimum atomic E-state index is -0.00228. The van der Waals surface area contributed by atoms with Crippen LogP contribution in [0.3, 0.4) is 0 Å².